The van der Waals surface area contributed by atoms with E-state index in [2.05, 4.69) is 0 Å². The van der Waals surface area contributed by atoms with Gasteiger partial charge in [-0.25, -0.2) is 8.42 Å². The molecule has 1 fully saturated rings. The van der Waals surface area contributed by atoms with Crippen LogP contribution in [0.5, 0.6) is 5.75 Å². The van der Waals surface area contributed by atoms with Crippen LogP contribution in [0.3, 0.4) is 0 Å². The summed E-state index contributed by atoms with van der Waals surface area (Å²) < 4.78 is 51.4. The zero-order valence-electron chi connectivity index (χ0n) is 9.19. The summed E-state index contributed by atoms with van der Waals surface area (Å²) in [5.74, 6) is -0.682. The number of hydrogen-bond acceptors (Lipinski definition) is 5. The van der Waals surface area contributed by atoms with Gasteiger partial charge in [0.15, 0.2) is 9.84 Å². The van der Waals surface area contributed by atoms with Crippen LogP contribution in [-0.2, 0) is 20.0 Å². The second kappa shape index (κ2) is 4.71. The standard InChI is InChI=1S/C10H11ClO5S2/c11-9-6-17(12,13)7-10(9)18(14,15)16-8-4-2-1-3-5-8/h1-5,9-10H,6-7H2/t9-,10-/m0/s1. The molecule has 1 aromatic carbocycles. The molecule has 1 aromatic rings. The normalized spacial score (nSPS) is 26.9. The van der Waals surface area contributed by atoms with Crippen molar-refractivity contribution in [1.29, 1.82) is 0 Å². The van der Waals surface area contributed by atoms with Crippen molar-refractivity contribution >= 4 is 31.6 Å². The van der Waals surface area contributed by atoms with Crippen molar-refractivity contribution in [2.24, 2.45) is 0 Å². The summed E-state index contributed by atoms with van der Waals surface area (Å²) in [6.45, 7) is 0. The van der Waals surface area contributed by atoms with E-state index < -0.39 is 36.3 Å². The van der Waals surface area contributed by atoms with Crippen LogP contribution in [0.2, 0.25) is 0 Å². The van der Waals surface area contributed by atoms with Gasteiger partial charge in [-0.3, -0.25) is 0 Å². The first kappa shape index (κ1) is 13.6. The van der Waals surface area contributed by atoms with Gasteiger partial charge in [0.1, 0.15) is 11.0 Å². The monoisotopic (exact) mass is 310 g/mol. The smallest absolute Gasteiger partial charge is 0.314 e. The Balaban J connectivity index is 2.23. The predicted octanol–water partition coefficient (Wildman–Crippen LogP) is 0.800. The highest BCUT2D eigenvalue weighted by atomic mass is 35.5. The van der Waals surface area contributed by atoms with Gasteiger partial charge in [-0.15, -0.1) is 11.6 Å². The van der Waals surface area contributed by atoms with E-state index in [9.17, 15) is 16.8 Å². The quantitative estimate of drug-likeness (QED) is 0.609. The lowest BCUT2D eigenvalue weighted by molar-refractivity contribution is 0.475. The second-order valence-electron chi connectivity index (χ2n) is 4.02. The first-order chi connectivity index (χ1) is 8.30. The summed E-state index contributed by atoms with van der Waals surface area (Å²) >= 11 is 5.78. The van der Waals surface area contributed by atoms with Crippen molar-refractivity contribution in [3.63, 3.8) is 0 Å². The number of sulfone groups is 1. The Bertz CT molecular complexity index is 623. The minimum absolute atomic E-state index is 0.144. The minimum atomic E-state index is -4.04. The molecule has 0 N–H and O–H groups in total. The summed E-state index contributed by atoms with van der Waals surface area (Å²) in [4.78, 5) is 0. The number of para-hydroxylation sites is 1. The molecule has 1 aliphatic rings. The van der Waals surface area contributed by atoms with Crippen LogP contribution in [0.1, 0.15) is 0 Å². The summed E-state index contributed by atoms with van der Waals surface area (Å²) in [6.07, 6.45) is 0. The van der Waals surface area contributed by atoms with Gasteiger partial charge >= 0.3 is 10.1 Å². The van der Waals surface area contributed by atoms with Gasteiger partial charge in [0.25, 0.3) is 0 Å². The van der Waals surface area contributed by atoms with E-state index >= 15 is 0 Å². The number of halogens is 1. The second-order valence-corrected chi connectivity index (χ2v) is 8.49. The van der Waals surface area contributed by atoms with Crippen LogP contribution in [0.4, 0.5) is 0 Å². The van der Waals surface area contributed by atoms with E-state index in [0.717, 1.165) is 0 Å². The summed E-state index contributed by atoms with van der Waals surface area (Å²) in [7, 11) is -7.46. The molecule has 1 heterocycles. The Labute approximate surface area is 111 Å². The lowest BCUT2D eigenvalue weighted by Crippen LogP contribution is -2.33. The Hall–Kier alpha value is -0.790. The Morgan fingerprint density at radius 3 is 2.28 bits per heavy atom. The fourth-order valence-electron chi connectivity index (χ4n) is 1.71. The average Bonchev–Trinajstić information content (AvgIpc) is 2.54. The zero-order valence-corrected chi connectivity index (χ0v) is 11.6. The molecule has 1 aliphatic heterocycles. The van der Waals surface area contributed by atoms with Crippen molar-refractivity contribution < 1.29 is 21.0 Å². The highest BCUT2D eigenvalue weighted by Gasteiger charge is 2.45. The van der Waals surface area contributed by atoms with Crippen molar-refractivity contribution in [3.05, 3.63) is 30.3 Å². The largest absolute Gasteiger partial charge is 0.382 e. The molecule has 0 aliphatic carbocycles. The third kappa shape index (κ3) is 2.96. The van der Waals surface area contributed by atoms with Gasteiger partial charge < -0.3 is 4.18 Å². The Morgan fingerprint density at radius 2 is 1.78 bits per heavy atom. The van der Waals surface area contributed by atoms with Gasteiger partial charge in [0, 0.05) is 0 Å². The number of alkyl halides is 1. The maximum Gasteiger partial charge on any atom is 0.314 e. The average molecular weight is 311 g/mol. The number of rotatable bonds is 3. The molecule has 100 valence electrons. The zero-order chi connectivity index (χ0) is 13.4. The van der Waals surface area contributed by atoms with Crippen molar-refractivity contribution in [2.45, 2.75) is 10.6 Å². The minimum Gasteiger partial charge on any atom is -0.382 e. The molecular formula is C10H11ClO5S2. The van der Waals surface area contributed by atoms with Gasteiger partial charge in [-0.2, -0.15) is 8.42 Å². The molecule has 0 spiro atoms. The van der Waals surface area contributed by atoms with Crippen LogP contribution in [0.25, 0.3) is 0 Å². The van der Waals surface area contributed by atoms with E-state index in [1.165, 1.54) is 12.1 Å². The molecule has 0 saturated carbocycles. The topological polar surface area (TPSA) is 77.5 Å². The molecular weight excluding hydrogens is 300 g/mol. The Morgan fingerprint density at radius 1 is 1.17 bits per heavy atom. The van der Waals surface area contributed by atoms with Gasteiger partial charge in [0.2, 0.25) is 0 Å². The first-order valence-corrected chi connectivity index (χ1v) is 8.86. The summed E-state index contributed by atoms with van der Waals surface area (Å²) in [6, 6.07) is 7.90. The van der Waals surface area contributed by atoms with Crippen molar-refractivity contribution in [2.75, 3.05) is 11.5 Å². The van der Waals surface area contributed by atoms with Gasteiger partial charge in [-0.05, 0) is 12.1 Å². The number of hydrogen-bond donors (Lipinski definition) is 0. The molecule has 0 unspecified atom stereocenters. The summed E-state index contributed by atoms with van der Waals surface area (Å²) in [5, 5.41) is -2.19. The number of benzene rings is 1. The van der Waals surface area contributed by atoms with Crippen LogP contribution in [0, 0.1) is 0 Å². The van der Waals surface area contributed by atoms with Crippen LogP contribution in [0.15, 0.2) is 30.3 Å². The third-order valence-corrected chi connectivity index (χ3v) is 6.96. The van der Waals surface area contributed by atoms with E-state index in [0.29, 0.717) is 0 Å². The van der Waals surface area contributed by atoms with Crippen molar-refractivity contribution in [3.8, 4) is 5.75 Å². The SMILES string of the molecule is O=S1(=O)C[C@H](Cl)[C@@H](S(=O)(=O)Oc2ccccc2)C1. The highest BCUT2D eigenvalue weighted by molar-refractivity contribution is 7.94. The fourth-order valence-corrected chi connectivity index (χ4v) is 6.82. The fraction of sp³-hybridized carbons (Fsp3) is 0.400. The molecule has 2 rings (SSSR count). The van der Waals surface area contributed by atoms with Crippen LogP contribution < -0.4 is 4.18 Å². The van der Waals surface area contributed by atoms with Crippen molar-refractivity contribution in [1.82, 2.24) is 0 Å². The maximum atomic E-state index is 11.9. The lowest BCUT2D eigenvalue weighted by Gasteiger charge is -2.13. The molecule has 8 heteroatoms. The molecule has 5 nitrogen and oxygen atoms in total. The third-order valence-electron chi connectivity index (χ3n) is 2.56. The predicted molar refractivity (Wildman–Crippen MR) is 68.1 cm³/mol. The Kier molecular flexibility index (Phi) is 3.57. The van der Waals surface area contributed by atoms with Crippen LogP contribution >= 0.6 is 11.6 Å². The molecule has 0 radical (unpaired) electrons. The molecule has 0 bridgehead atoms. The highest BCUT2D eigenvalue weighted by Crippen LogP contribution is 2.26. The van der Waals surface area contributed by atoms with Gasteiger partial charge in [-0.1, -0.05) is 18.2 Å². The van der Waals surface area contributed by atoms with E-state index in [1.54, 1.807) is 18.2 Å². The van der Waals surface area contributed by atoms with Crippen LogP contribution in [-0.4, -0.2) is 39.0 Å². The summed E-state index contributed by atoms with van der Waals surface area (Å²) in [5.41, 5.74) is 0. The molecule has 0 aromatic heterocycles. The first-order valence-electron chi connectivity index (χ1n) is 5.13. The van der Waals surface area contributed by atoms with Gasteiger partial charge in [0.05, 0.1) is 16.9 Å². The lowest BCUT2D eigenvalue weighted by atomic mass is 10.3. The molecule has 2 atom stereocenters. The van der Waals surface area contributed by atoms with E-state index in [1.807, 2.05) is 0 Å². The van der Waals surface area contributed by atoms with E-state index in [4.69, 9.17) is 15.8 Å². The molecule has 18 heavy (non-hydrogen) atoms. The van der Waals surface area contributed by atoms with E-state index in [-0.39, 0.29) is 11.5 Å². The molecule has 0 amide bonds. The maximum absolute atomic E-state index is 11.9. The molecule has 1 saturated heterocycles.